The number of carbonyl (C=O) groups is 4. The summed E-state index contributed by atoms with van der Waals surface area (Å²) in [6.45, 7) is 1.46. The molecule has 4 atom stereocenters. The van der Waals surface area contributed by atoms with Crippen molar-refractivity contribution >= 4 is 52.6 Å². The Kier molecular flexibility index (Phi) is 5.46. The summed E-state index contributed by atoms with van der Waals surface area (Å²) in [6.07, 6.45) is 3.71. The third-order valence-electron chi connectivity index (χ3n) is 7.37. The Morgan fingerprint density at radius 1 is 0.865 bits per heavy atom. The van der Waals surface area contributed by atoms with Crippen LogP contribution in [0.3, 0.4) is 0 Å². The maximum absolute atomic E-state index is 13.9. The van der Waals surface area contributed by atoms with Gasteiger partial charge in [-0.1, -0.05) is 35.9 Å². The van der Waals surface area contributed by atoms with E-state index < -0.39 is 29.8 Å². The number of anilines is 2. The highest BCUT2D eigenvalue weighted by molar-refractivity contribution is 6.30. The fourth-order valence-corrected chi connectivity index (χ4v) is 5.83. The molecule has 0 aromatic heterocycles. The monoisotopic (exact) mass is 511 g/mol. The number of nitrogens with zero attached hydrogens (tertiary/aromatic N) is 2. The van der Waals surface area contributed by atoms with Crippen molar-refractivity contribution in [3.05, 3.63) is 101 Å². The Labute approximate surface area is 218 Å². The summed E-state index contributed by atoms with van der Waals surface area (Å²) in [6, 6.07) is 19.5. The second-order valence-electron chi connectivity index (χ2n) is 9.44. The standard InChI is InChI=1S/C29H22ClN3O4/c1-16(34)17-6-12-21(13-7-17)33-28(36)23-24(29(33)37)26(27(35)31-20-10-8-19(30)9-11-20)32-15-14-18-4-2-3-5-22(18)25(23)32/h2-15,23-26H,1H3,(H,31,35)/t23-,24+,25+,26-/m0/s1. The van der Waals surface area contributed by atoms with Gasteiger partial charge in [0.25, 0.3) is 0 Å². The van der Waals surface area contributed by atoms with Crippen LogP contribution in [0.25, 0.3) is 6.08 Å². The Bertz CT molecular complexity index is 1480. The van der Waals surface area contributed by atoms with Crippen LogP contribution >= 0.6 is 11.6 Å². The van der Waals surface area contributed by atoms with E-state index in [-0.39, 0.29) is 17.6 Å². The Balaban J connectivity index is 1.42. The number of fused-ring (bicyclic) bond motifs is 5. The van der Waals surface area contributed by atoms with E-state index in [1.54, 1.807) is 48.5 Å². The van der Waals surface area contributed by atoms with Crippen molar-refractivity contribution in [3.8, 4) is 0 Å². The number of amides is 3. The van der Waals surface area contributed by atoms with Gasteiger partial charge in [-0.2, -0.15) is 0 Å². The molecule has 0 bridgehead atoms. The summed E-state index contributed by atoms with van der Waals surface area (Å²) in [7, 11) is 0. The fraction of sp³-hybridized carbons (Fsp3) is 0.172. The predicted octanol–water partition coefficient (Wildman–Crippen LogP) is 4.70. The normalized spacial score (nSPS) is 23.5. The zero-order valence-electron chi connectivity index (χ0n) is 19.8. The van der Waals surface area contributed by atoms with Crippen molar-refractivity contribution in [2.75, 3.05) is 10.2 Å². The molecule has 2 fully saturated rings. The topological polar surface area (TPSA) is 86.8 Å². The zero-order chi connectivity index (χ0) is 25.8. The molecule has 184 valence electrons. The van der Waals surface area contributed by atoms with Gasteiger partial charge in [-0.25, -0.2) is 4.90 Å². The highest BCUT2D eigenvalue weighted by atomic mass is 35.5. The number of ketones is 1. The molecule has 0 spiro atoms. The Morgan fingerprint density at radius 2 is 1.54 bits per heavy atom. The van der Waals surface area contributed by atoms with Crippen molar-refractivity contribution in [2.24, 2.45) is 11.8 Å². The second kappa shape index (κ2) is 8.71. The van der Waals surface area contributed by atoms with Crippen molar-refractivity contribution in [1.29, 1.82) is 0 Å². The molecule has 0 unspecified atom stereocenters. The van der Waals surface area contributed by atoms with Gasteiger partial charge in [-0.05, 0) is 72.7 Å². The number of hydrogen-bond acceptors (Lipinski definition) is 5. The first-order valence-electron chi connectivity index (χ1n) is 11.9. The van der Waals surface area contributed by atoms with Crippen LogP contribution in [-0.4, -0.2) is 34.4 Å². The lowest BCUT2D eigenvalue weighted by Gasteiger charge is -2.35. The lowest BCUT2D eigenvalue weighted by atomic mass is 9.84. The number of halogens is 1. The van der Waals surface area contributed by atoms with Gasteiger partial charge in [0.2, 0.25) is 17.7 Å². The Hall–Kier alpha value is -4.23. The van der Waals surface area contributed by atoms with Crippen LogP contribution in [0.15, 0.2) is 79.0 Å². The van der Waals surface area contributed by atoms with E-state index in [1.165, 1.54) is 11.8 Å². The van der Waals surface area contributed by atoms with Gasteiger partial charge in [0, 0.05) is 22.5 Å². The molecular formula is C29H22ClN3O4. The Morgan fingerprint density at radius 3 is 2.24 bits per heavy atom. The maximum Gasteiger partial charge on any atom is 0.247 e. The van der Waals surface area contributed by atoms with Gasteiger partial charge in [-0.3, -0.25) is 19.2 Å². The molecule has 0 aliphatic carbocycles. The molecule has 3 amide bonds. The second-order valence-corrected chi connectivity index (χ2v) is 9.88. The van der Waals surface area contributed by atoms with Gasteiger partial charge in [0.1, 0.15) is 6.04 Å². The van der Waals surface area contributed by atoms with Gasteiger partial charge in [0.05, 0.1) is 23.6 Å². The smallest absolute Gasteiger partial charge is 0.247 e. The third kappa shape index (κ3) is 3.65. The molecule has 0 radical (unpaired) electrons. The molecule has 3 aromatic rings. The van der Waals surface area contributed by atoms with Crippen LogP contribution in [0.4, 0.5) is 11.4 Å². The molecule has 8 heteroatoms. The summed E-state index contributed by atoms with van der Waals surface area (Å²) in [4.78, 5) is 56.2. The fourth-order valence-electron chi connectivity index (χ4n) is 5.71. The summed E-state index contributed by atoms with van der Waals surface area (Å²) in [5, 5.41) is 3.44. The number of rotatable bonds is 4. The number of benzene rings is 3. The minimum absolute atomic E-state index is 0.109. The molecule has 6 rings (SSSR count). The average Bonchev–Trinajstić information content (AvgIpc) is 3.38. The third-order valence-corrected chi connectivity index (χ3v) is 7.63. The molecule has 3 aliphatic heterocycles. The van der Waals surface area contributed by atoms with Gasteiger partial charge >= 0.3 is 0 Å². The number of imide groups is 1. The van der Waals surface area contributed by atoms with E-state index in [1.807, 2.05) is 41.4 Å². The SMILES string of the molecule is CC(=O)c1ccc(N2C(=O)[C@@H]3[C@H](C2=O)[C@H]2c4ccccc4C=CN2[C@@H]3C(=O)Nc2ccc(Cl)cc2)cc1. The molecule has 37 heavy (non-hydrogen) atoms. The highest BCUT2D eigenvalue weighted by Gasteiger charge is 2.64. The minimum Gasteiger partial charge on any atom is -0.357 e. The molecule has 3 heterocycles. The molecule has 2 saturated heterocycles. The predicted molar refractivity (Wildman–Crippen MR) is 140 cm³/mol. The van der Waals surface area contributed by atoms with Gasteiger partial charge in [-0.15, -0.1) is 0 Å². The number of nitrogens with one attached hydrogen (secondary N) is 1. The van der Waals surface area contributed by atoms with Gasteiger partial charge < -0.3 is 10.2 Å². The lowest BCUT2D eigenvalue weighted by Crippen LogP contribution is -2.46. The van der Waals surface area contributed by atoms with E-state index in [0.29, 0.717) is 22.0 Å². The van der Waals surface area contributed by atoms with Crippen molar-refractivity contribution < 1.29 is 19.2 Å². The highest BCUT2D eigenvalue weighted by Crippen LogP contribution is 2.53. The van der Waals surface area contributed by atoms with Crippen LogP contribution in [0.1, 0.15) is 34.5 Å². The lowest BCUT2D eigenvalue weighted by molar-refractivity contribution is -0.128. The van der Waals surface area contributed by atoms with E-state index in [2.05, 4.69) is 5.32 Å². The van der Waals surface area contributed by atoms with Crippen LogP contribution in [-0.2, 0) is 14.4 Å². The largest absolute Gasteiger partial charge is 0.357 e. The minimum atomic E-state index is -0.895. The van der Waals surface area contributed by atoms with Crippen molar-refractivity contribution in [1.82, 2.24) is 4.90 Å². The van der Waals surface area contributed by atoms with Gasteiger partial charge in [0.15, 0.2) is 5.78 Å². The van der Waals surface area contributed by atoms with E-state index in [4.69, 9.17) is 11.6 Å². The van der Waals surface area contributed by atoms with Crippen LogP contribution in [0.2, 0.25) is 5.02 Å². The molecule has 3 aliphatic rings. The molecular weight excluding hydrogens is 490 g/mol. The zero-order valence-corrected chi connectivity index (χ0v) is 20.6. The molecule has 7 nitrogen and oxygen atoms in total. The van der Waals surface area contributed by atoms with E-state index in [9.17, 15) is 19.2 Å². The summed E-state index contributed by atoms with van der Waals surface area (Å²) in [5.41, 5.74) is 3.27. The number of Topliss-reactive ketones (excluding diaryl/α,β-unsaturated/α-hetero) is 1. The summed E-state index contributed by atoms with van der Waals surface area (Å²) < 4.78 is 0. The molecule has 0 saturated carbocycles. The number of carbonyl (C=O) groups excluding carboxylic acids is 4. The molecule has 1 N–H and O–H groups in total. The first-order valence-corrected chi connectivity index (χ1v) is 12.3. The maximum atomic E-state index is 13.9. The first kappa shape index (κ1) is 23.2. The van der Waals surface area contributed by atoms with Crippen LogP contribution < -0.4 is 10.2 Å². The van der Waals surface area contributed by atoms with E-state index >= 15 is 0 Å². The quantitative estimate of drug-likeness (QED) is 0.405. The molecule has 3 aromatic carbocycles. The number of hydrogen-bond donors (Lipinski definition) is 1. The summed E-state index contributed by atoms with van der Waals surface area (Å²) in [5.74, 6) is -2.89. The van der Waals surface area contributed by atoms with Crippen molar-refractivity contribution in [3.63, 3.8) is 0 Å². The summed E-state index contributed by atoms with van der Waals surface area (Å²) >= 11 is 5.99. The average molecular weight is 512 g/mol. The first-order chi connectivity index (χ1) is 17.8. The van der Waals surface area contributed by atoms with E-state index in [0.717, 1.165) is 11.1 Å². The van der Waals surface area contributed by atoms with Crippen LogP contribution in [0.5, 0.6) is 0 Å². The van der Waals surface area contributed by atoms with Crippen molar-refractivity contribution in [2.45, 2.75) is 19.0 Å². The van der Waals surface area contributed by atoms with Crippen LogP contribution in [0, 0.1) is 11.8 Å².